The Hall–Kier alpha value is -1.02. The minimum Gasteiger partial charge on any atom is -0.378 e. The summed E-state index contributed by atoms with van der Waals surface area (Å²) in [6, 6.07) is 8.55. The Labute approximate surface area is 169 Å². The number of nitrogens with zero attached hydrogens (tertiary/aromatic N) is 2. The van der Waals surface area contributed by atoms with Crippen molar-refractivity contribution in [2.45, 2.75) is 33.7 Å². The van der Waals surface area contributed by atoms with E-state index in [1.54, 1.807) is 0 Å². The lowest BCUT2D eigenvalue weighted by Gasteiger charge is -2.30. The van der Waals surface area contributed by atoms with Gasteiger partial charge in [0.25, 0.3) is 0 Å². The standard InChI is InChI=1S/C19H32N4O.HI/c1-4-20-19(21-10-9-16(2)3)22-15-17-7-5-6-8-18(17)23-11-13-24-14-12-23;/h5-8,16H,4,9-15H2,1-3H3,(H2,20,21,22);1H. The molecule has 0 aromatic heterocycles. The molecule has 142 valence electrons. The second kappa shape index (κ2) is 12.4. The molecule has 0 saturated carbocycles. The molecule has 0 atom stereocenters. The van der Waals surface area contributed by atoms with Gasteiger partial charge in [-0.15, -0.1) is 24.0 Å². The van der Waals surface area contributed by atoms with Crippen molar-refractivity contribution < 1.29 is 4.74 Å². The van der Waals surface area contributed by atoms with E-state index in [1.165, 1.54) is 11.3 Å². The van der Waals surface area contributed by atoms with Gasteiger partial charge in [0.15, 0.2) is 5.96 Å². The monoisotopic (exact) mass is 460 g/mol. The predicted octanol–water partition coefficient (Wildman–Crippen LogP) is 3.24. The third-order valence-corrected chi connectivity index (χ3v) is 4.11. The first-order chi connectivity index (χ1) is 11.7. The van der Waals surface area contributed by atoms with Gasteiger partial charge in [-0.25, -0.2) is 4.99 Å². The van der Waals surface area contributed by atoms with Crippen molar-refractivity contribution in [3.05, 3.63) is 29.8 Å². The maximum absolute atomic E-state index is 5.47. The van der Waals surface area contributed by atoms with Crippen LogP contribution >= 0.6 is 24.0 Å². The first kappa shape index (κ1) is 22.0. The number of halogens is 1. The van der Waals surface area contributed by atoms with E-state index in [1.807, 2.05) is 0 Å². The summed E-state index contributed by atoms with van der Waals surface area (Å²) in [5.74, 6) is 1.59. The lowest BCUT2D eigenvalue weighted by molar-refractivity contribution is 0.122. The number of aliphatic imine (C=N–C) groups is 1. The van der Waals surface area contributed by atoms with Crippen molar-refractivity contribution in [1.82, 2.24) is 10.6 Å². The van der Waals surface area contributed by atoms with E-state index in [4.69, 9.17) is 9.73 Å². The molecule has 6 heteroatoms. The lowest BCUT2D eigenvalue weighted by Crippen LogP contribution is -2.38. The summed E-state index contributed by atoms with van der Waals surface area (Å²) in [6.45, 7) is 12.6. The molecule has 5 nitrogen and oxygen atoms in total. The molecule has 1 aliphatic heterocycles. The van der Waals surface area contributed by atoms with Crippen LogP contribution in [0.3, 0.4) is 0 Å². The van der Waals surface area contributed by atoms with Crippen LogP contribution in [0.1, 0.15) is 32.8 Å². The molecule has 0 unspecified atom stereocenters. The molecule has 0 radical (unpaired) electrons. The minimum atomic E-state index is 0. The number of nitrogens with one attached hydrogen (secondary N) is 2. The van der Waals surface area contributed by atoms with Crippen molar-refractivity contribution in [2.24, 2.45) is 10.9 Å². The van der Waals surface area contributed by atoms with Crippen LogP contribution in [0.4, 0.5) is 5.69 Å². The van der Waals surface area contributed by atoms with Crippen LogP contribution in [-0.2, 0) is 11.3 Å². The minimum absolute atomic E-state index is 0. The second-order valence-corrected chi connectivity index (χ2v) is 6.53. The van der Waals surface area contributed by atoms with Crippen molar-refractivity contribution >= 4 is 35.6 Å². The van der Waals surface area contributed by atoms with Gasteiger partial charge in [-0.05, 0) is 30.9 Å². The summed E-state index contributed by atoms with van der Waals surface area (Å²) in [7, 11) is 0. The number of benzene rings is 1. The molecule has 2 rings (SSSR count). The molecule has 0 aliphatic carbocycles. The largest absolute Gasteiger partial charge is 0.378 e. The number of morpholine rings is 1. The van der Waals surface area contributed by atoms with Gasteiger partial charge in [-0.1, -0.05) is 32.0 Å². The van der Waals surface area contributed by atoms with Crippen LogP contribution in [0.15, 0.2) is 29.3 Å². The van der Waals surface area contributed by atoms with Crippen molar-refractivity contribution in [3.8, 4) is 0 Å². The molecule has 0 amide bonds. The van der Waals surface area contributed by atoms with Gasteiger partial charge in [0, 0.05) is 31.9 Å². The van der Waals surface area contributed by atoms with Crippen molar-refractivity contribution in [2.75, 3.05) is 44.3 Å². The summed E-state index contributed by atoms with van der Waals surface area (Å²) in [5.41, 5.74) is 2.54. The highest BCUT2D eigenvalue weighted by Crippen LogP contribution is 2.22. The molecule has 0 spiro atoms. The third kappa shape index (κ3) is 7.81. The van der Waals surface area contributed by atoms with E-state index in [0.29, 0.717) is 12.5 Å². The molecular weight excluding hydrogens is 427 g/mol. The number of ether oxygens (including phenoxy) is 1. The SMILES string of the molecule is CCNC(=NCc1ccccc1N1CCOCC1)NCCC(C)C.I. The average Bonchev–Trinajstić information content (AvgIpc) is 2.60. The molecule has 1 aromatic carbocycles. The van der Waals surface area contributed by atoms with Crippen LogP contribution in [0.2, 0.25) is 0 Å². The average molecular weight is 460 g/mol. The van der Waals surface area contributed by atoms with Crippen LogP contribution in [0.5, 0.6) is 0 Å². The maximum atomic E-state index is 5.47. The Morgan fingerprint density at radius 2 is 1.92 bits per heavy atom. The summed E-state index contributed by atoms with van der Waals surface area (Å²) in [6.07, 6.45) is 1.15. The highest BCUT2D eigenvalue weighted by Gasteiger charge is 2.14. The summed E-state index contributed by atoms with van der Waals surface area (Å²) < 4.78 is 5.47. The van der Waals surface area contributed by atoms with Gasteiger partial charge in [0.1, 0.15) is 0 Å². The Kier molecular flexibility index (Phi) is 10.9. The van der Waals surface area contributed by atoms with Gasteiger partial charge in [0.2, 0.25) is 0 Å². The number of hydrogen-bond acceptors (Lipinski definition) is 3. The number of anilines is 1. The first-order valence-electron chi connectivity index (χ1n) is 9.13. The van der Waals surface area contributed by atoms with Crippen LogP contribution in [0, 0.1) is 5.92 Å². The molecule has 1 aliphatic rings. The molecule has 1 heterocycles. The molecule has 1 aromatic rings. The number of rotatable bonds is 7. The summed E-state index contributed by atoms with van der Waals surface area (Å²) >= 11 is 0. The maximum Gasteiger partial charge on any atom is 0.191 e. The smallest absolute Gasteiger partial charge is 0.191 e. The van der Waals surface area contributed by atoms with Crippen LogP contribution in [-0.4, -0.2) is 45.4 Å². The van der Waals surface area contributed by atoms with E-state index < -0.39 is 0 Å². The summed E-state index contributed by atoms with van der Waals surface area (Å²) in [5, 5.41) is 6.76. The van der Waals surface area contributed by atoms with Gasteiger partial charge < -0.3 is 20.3 Å². The second-order valence-electron chi connectivity index (χ2n) is 6.53. The fraction of sp³-hybridized carbons (Fsp3) is 0.632. The zero-order chi connectivity index (χ0) is 17.2. The van der Waals surface area contributed by atoms with E-state index in [9.17, 15) is 0 Å². The normalized spacial score (nSPS) is 15.0. The van der Waals surface area contributed by atoms with E-state index in [0.717, 1.165) is 51.8 Å². The quantitative estimate of drug-likeness (QED) is 0.373. The van der Waals surface area contributed by atoms with E-state index in [2.05, 4.69) is 60.6 Å². The molecule has 0 bridgehead atoms. The van der Waals surface area contributed by atoms with Crippen molar-refractivity contribution in [3.63, 3.8) is 0 Å². The topological polar surface area (TPSA) is 48.9 Å². The highest BCUT2D eigenvalue weighted by atomic mass is 127. The molecule has 25 heavy (non-hydrogen) atoms. The number of hydrogen-bond donors (Lipinski definition) is 2. The summed E-state index contributed by atoms with van der Waals surface area (Å²) in [4.78, 5) is 7.17. The Morgan fingerprint density at radius 1 is 1.20 bits per heavy atom. The first-order valence-corrected chi connectivity index (χ1v) is 9.13. The van der Waals surface area contributed by atoms with Gasteiger partial charge >= 0.3 is 0 Å². The predicted molar refractivity (Wildman–Crippen MR) is 117 cm³/mol. The van der Waals surface area contributed by atoms with Crippen molar-refractivity contribution in [1.29, 1.82) is 0 Å². The van der Waals surface area contributed by atoms with Gasteiger partial charge in [-0.2, -0.15) is 0 Å². The van der Waals surface area contributed by atoms with Crippen LogP contribution < -0.4 is 15.5 Å². The third-order valence-electron chi connectivity index (χ3n) is 4.11. The Bertz CT molecular complexity index is 516. The fourth-order valence-corrected chi connectivity index (χ4v) is 2.74. The zero-order valence-electron chi connectivity index (χ0n) is 15.8. The number of guanidine groups is 1. The zero-order valence-corrected chi connectivity index (χ0v) is 18.1. The van der Waals surface area contributed by atoms with Gasteiger partial charge in [0.05, 0.1) is 19.8 Å². The highest BCUT2D eigenvalue weighted by molar-refractivity contribution is 14.0. The van der Waals surface area contributed by atoms with Gasteiger partial charge in [-0.3, -0.25) is 0 Å². The Balaban J connectivity index is 0.00000312. The van der Waals surface area contributed by atoms with E-state index in [-0.39, 0.29) is 24.0 Å². The lowest BCUT2D eigenvalue weighted by atomic mass is 10.1. The van der Waals surface area contributed by atoms with E-state index >= 15 is 0 Å². The van der Waals surface area contributed by atoms with Crippen LogP contribution in [0.25, 0.3) is 0 Å². The molecule has 2 N–H and O–H groups in total. The molecular formula is C19H33IN4O. The fourth-order valence-electron chi connectivity index (χ4n) is 2.74. The molecule has 1 saturated heterocycles. The number of para-hydroxylation sites is 1. The Morgan fingerprint density at radius 3 is 2.60 bits per heavy atom. The molecule has 1 fully saturated rings.